The van der Waals surface area contributed by atoms with E-state index in [-0.39, 0.29) is 17.0 Å². The highest BCUT2D eigenvalue weighted by atomic mass is 35.5. The van der Waals surface area contributed by atoms with Gasteiger partial charge >= 0.3 is 0 Å². The van der Waals surface area contributed by atoms with Gasteiger partial charge < -0.3 is 10.1 Å². The Labute approximate surface area is 162 Å². The molecule has 3 rings (SSSR count). The van der Waals surface area contributed by atoms with Crippen LogP contribution in [0.5, 0.6) is 5.75 Å². The van der Waals surface area contributed by atoms with E-state index in [9.17, 15) is 5.26 Å². The number of hydrogen-bond donors (Lipinski definition) is 1. The van der Waals surface area contributed by atoms with E-state index in [0.717, 1.165) is 32.7 Å². The van der Waals surface area contributed by atoms with E-state index in [4.69, 9.17) is 21.3 Å². The minimum Gasteiger partial charge on any atom is -0.487 e. The second-order valence-electron chi connectivity index (χ2n) is 7.03. The van der Waals surface area contributed by atoms with Gasteiger partial charge in [-0.15, -0.1) is 11.6 Å². The van der Waals surface area contributed by atoms with Gasteiger partial charge in [0.05, 0.1) is 32.9 Å². The molecule has 1 aliphatic heterocycles. The highest BCUT2D eigenvalue weighted by Gasteiger charge is 2.34. The highest BCUT2D eigenvalue weighted by Crippen LogP contribution is 2.41. The first-order valence-corrected chi connectivity index (χ1v) is 9.85. The molecule has 4 nitrogen and oxygen atoms in total. The standard InChI is InChI=1S/C20H22ClN3OS/c1-5-18-15(8-12(2)21)23-19(26-18)24-16-10-20(3,4)25-17-7-6-13(11-22)9-14(16)17/h5-9,12,16H,10H2,1-4H3,(H,23,24)/b15-8+,18-5+/t12?,16-/m0/s1. The van der Waals surface area contributed by atoms with E-state index < -0.39 is 0 Å². The summed E-state index contributed by atoms with van der Waals surface area (Å²) in [6, 6.07) is 7.80. The van der Waals surface area contributed by atoms with Gasteiger partial charge in [0.25, 0.3) is 0 Å². The number of rotatable bonds is 3. The number of aromatic nitrogens is 1. The average Bonchev–Trinajstić information content (AvgIpc) is 2.94. The fourth-order valence-electron chi connectivity index (χ4n) is 3.15. The lowest BCUT2D eigenvalue weighted by Crippen LogP contribution is -2.37. The second kappa shape index (κ2) is 7.30. The number of hydrogen-bond acceptors (Lipinski definition) is 5. The van der Waals surface area contributed by atoms with Gasteiger partial charge in [-0.25, -0.2) is 4.98 Å². The number of nitrogens with one attached hydrogen (secondary N) is 1. The Morgan fingerprint density at radius 2 is 2.27 bits per heavy atom. The molecule has 1 aromatic heterocycles. The summed E-state index contributed by atoms with van der Waals surface area (Å²) >= 11 is 7.71. The molecule has 2 heterocycles. The molecule has 0 spiro atoms. The van der Waals surface area contributed by atoms with Crippen molar-refractivity contribution in [3.63, 3.8) is 0 Å². The molecule has 0 bridgehead atoms. The first-order valence-electron chi connectivity index (χ1n) is 8.60. The summed E-state index contributed by atoms with van der Waals surface area (Å²) < 4.78 is 7.19. The summed E-state index contributed by atoms with van der Waals surface area (Å²) in [5, 5.41) is 14.4. The summed E-state index contributed by atoms with van der Waals surface area (Å²) in [7, 11) is 0. The zero-order valence-electron chi connectivity index (χ0n) is 15.3. The van der Waals surface area contributed by atoms with Crippen molar-refractivity contribution in [3.8, 4) is 11.8 Å². The number of ether oxygens (including phenoxy) is 1. The third-order valence-electron chi connectivity index (χ3n) is 4.22. The second-order valence-corrected chi connectivity index (χ2v) is 8.75. The smallest absolute Gasteiger partial charge is 0.184 e. The van der Waals surface area contributed by atoms with Crippen LogP contribution in [-0.4, -0.2) is 16.0 Å². The van der Waals surface area contributed by atoms with Gasteiger partial charge in [-0.2, -0.15) is 5.26 Å². The molecule has 6 heteroatoms. The third kappa shape index (κ3) is 4.03. The minimum atomic E-state index is -0.296. The SMILES string of the molecule is C/C=c1/sc(N[C@H]2CC(C)(C)Oc3ccc(C#N)cc32)n/c1=C/C(C)Cl. The molecule has 2 atom stereocenters. The van der Waals surface area contributed by atoms with Crippen LogP contribution in [0.25, 0.3) is 12.2 Å². The number of fused-ring (bicyclic) bond motifs is 1. The number of anilines is 1. The lowest BCUT2D eigenvalue weighted by molar-refractivity contribution is 0.0759. The van der Waals surface area contributed by atoms with E-state index in [0.29, 0.717) is 5.56 Å². The largest absolute Gasteiger partial charge is 0.487 e. The van der Waals surface area contributed by atoms with Crippen molar-refractivity contribution in [2.75, 3.05) is 5.32 Å². The quantitative estimate of drug-likeness (QED) is 0.810. The topological polar surface area (TPSA) is 57.9 Å². The predicted molar refractivity (Wildman–Crippen MR) is 108 cm³/mol. The number of thiazole rings is 1. The molecule has 0 radical (unpaired) electrons. The van der Waals surface area contributed by atoms with Crippen LogP contribution in [0.1, 0.15) is 51.3 Å². The highest BCUT2D eigenvalue weighted by molar-refractivity contribution is 7.13. The van der Waals surface area contributed by atoms with Crippen molar-refractivity contribution in [2.45, 2.75) is 51.1 Å². The lowest BCUT2D eigenvalue weighted by Gasteiger charge is -2.38. The number of benzene rings is 1. The van der Waals surface area contributed by atoms with E-state index in [1.165, 1.54) is 0 Å². The van der Waals surface area contributed by atoms with Gasteiger partial charge in [-0.1, -0.05) is 17.4 Å². The molecule has 0 saturated heterocycles. The Morgan fingerprint density at radius 1 is 1.50 bits per heavy atom. The molecule has 0 fully saturated rings. The molecule has 1 N–H and O–H groups in total. The van der Waals surface area contributed by atoms with Crippen molar-refractivity contribution >= 4 is 40.2 Å². The maximum Gasteiger partial charge on any atom is 0.184 e. The summed E-state index contributed by atoms with van der Waals surface area (Å²) in [5.41, 5.74) is 1.33. The van der Waals surface area contributed by atoms with Gasteiger partial charge in [-0.3, -0.25) is 0 Å². The molecular weight excluding hydrogens is 366 g/mol. The maximum atomic E-state index is 9.23. The number of nitrogens with zero attached hydrogens (tertiary/aromatic N) is 2. The monoisotopic (exact) mass is 387 g/mol. The van der Waals surface area contributed by atoms with E-state index >= 15 is 0 Å². The molecule has 0 saturated carbocycles. The van der Waals surface area contributed by atoms with Crippen LogP contribution in [0.4, 0.5) is 5.13 Å². The fraction of sp³-hybridized carbons (Fsp3) is 0.400. The lowest BCUT2D eigenvalue weighted by atomic mass is 9.89. The number of halogens is 1. The van der Waals surface area contributed by atoms with Gasteiger partial charge in [0, 0.05) is 12.0 Å². The van der Waals surface area contributed by atoms with E-state index in [2.05, 4.69) is 25.2 Å². The molecule has 26 heavy (non-hydrogen) atoms. The molecule has 1 aliphatic rings. The molecular formula is C20H22ClN3OS. The van der Waals surface area contributed by atoms with E-state index in [1.54, 1.807) is 17.4 Å². The Hall–Kier alpha value is -2.03. The third-order valence-corrected chi connectivity index (χ3v) is 5.42. The van der Waals surface area contributed by atoms with Crippen LogP contribution in [0.15, 0.2) is 18.2 Å². The minimum absolute atomic E-state index is 0.0270. The summed E-state index contributed by atoms with van der Waals surface area (Å²) in [6.45, 7) is 8.07. The summed E-state index contributed by atoms with van der Waals surface area (Å²) in [5.74, 6) is 0.817. The van der Waals surface area contributed by atoms with Crippen molar-refractivity contribution in [2.24, 2.45) is 0 Å². The Bertz CT molecular complexity index is 972. The zero-order valence-corrected chi connectivity index (χ0v) is 16.9. The van der Waals surface area contributed by atoms with Crippen molar-refractivity contribution in [3.05, 3.63) is 39.2 Å². The Kier molecular flexibility index (Phi) is 5.27. The maximum absolute atomic E-state index is 9.23. The molecule has 0 amide bonds. The van der Waals surface area contributed by atoms with Gasteiger partial charge in [-0.05, 0) is 52.0 Å². The van der Waals surface area contributed by atoms with Crippen LogP contribution in [0.2, 0.25) is 0 Å². The number of nitriles is 1. The molecule has 2 aromatic rings. The van der Waals surface area contributed by atoms with Crippen LogP contribution < -0.4 is 19.9 Å². The van der Waals surface area contributed by atoms with E-state index in [1.807, 2.05) is 38.1 Å². The first kappa shape index (κ1) is 18.8. The summed E-state index contributed by atoms with van der Waals surface area (Å²) in [4.78, 5) is 4.71. The van der Waals surface area contributed by atoms with Gasteiger partial charge in [0.15, 0.2) is 5.13 Å². The van der Waals surface area contributed by atoms with Crippen LogP contribution in [-0.2, 0) is 0 Å². The summed E-state index contributed by atoms with van der Waals surface area (Å²) in [6.07, 6.45) is 4.78. The van der Waals surface area contributed by atoms with Crippen LogP contribution >= 0.6 is 22.9 Å². The first-order chi connectivity index (χ1) is 12.3. The average molecular weight is 388 g/mol. The van der Waals surface area contributed by atoms with Gasteiger partial charge in [0.1, 0.15) is 11.4 Å². The zero-order chi connectivity index (χ0) is 18.9. The van der Waals surface area contributed by atoms with Crippen molar-refractivity contribution in [1.82, 2.24) is 4.98 Å². The molecule has 1 aromatic carbocycles. The Morgan fingerprint density at radius 3 is 2.92 bits per heavy atom. The molecule has 136 valence electrons. The van der Waals surface area contributed by atoms with Gasteiger partial charge in [0.2, 0.25) is 0 Å². The van der Waals surface area contributed by atoms with Crippen molar-refractivity contribution < 1.29 is 4.74 Å². The Balaban J connectivity index is 2.01. The molecule has 1 unspecified atom stereocenters. The molecule has 0 aliphatic carbocycles. The fourth-order valence-corrected chi connectivity index (χ4v) is 4.16. The predicted octanol–water partition coefficient (Wildman–Crippen LogP) is 3.94. The normalized spacial score (nSPS) is 20.8. The number of alkyl halides is 1. The van der Waals surface area contributed by atoms with Crippen LogP contribution in [0, 0.1) is 11.3 Å². The van der Waals surface area contributed by atoms with Crippen LogP contribution in [0.3, 0.4) is 0 Å². The van der Waals surface area contributed by atoms with Crippen molar-refractivity contribution in [1.29, 1.82) is 5.26 Å².